The molecule has 2 heterocycles. The Labute approximate surface area is 194 Å². The average molecular weight is 460 g/mol. The fourth-order valence-electron chi connectivity index (χ4n) is 4.83. The zero-order chi connectivity index (χ0) is 22.3. The van der Waals surface area contributed by atoms with Gasteiger partial charge in [0, 0.05) is 49.4 Å². The van der Waals surface area contributed by atoms with Crippen molar-refractivity contribution in [1.82, 2.24) is 9.80 Å². The van der Waals surface area contributed by atoms with Crippen LogP contribution in [0.5, 0.6) is 0 Å². The van der Waals surface area contributed by atoms with E-state index in [1.54, 1.807) is 12.1 Å². The van der Waals surface area contributed by atoms with E-state index in [1.807, 2.05) is 12.1 Å². The van der Waals surface area contributed by atoms with Gasteiger partial charge in [-0.05, 0) is 67.3 Å². The molecule has 2 aromatic carbocycles. The van der Waals surface area contributed by atoms with Crippen molar-refractivity contribution in [1.29, 1.82) is 0 Å². The monoisotopic (exact) mass is 459 g/mol. The summed E-state index contributed by atoms with van der Waals surface area (Å²) in [5.74, 6) is 0.0830. The Hall–Kier alpha value is -1.99. The Balaban J connectivity index is 1.37. The predicted octanol–water partition coefficient (Wildman–Crippen LogP) is 4.42. The maximum atomic E-state index is 13.1. The molecule has 172 valence electrons. The van der Waals surface area contributed by atoms with Crippen LogP contribution in [0, 0.1) is 11.7 Å². The number of piperidine rings is 1. The number of hydrogen-bond acceptors (Lipinski definition) is 4. The second kappa shape index (κ2) is 11.2. The van der Waals surface area contributed by atoms with Crippen LogP contribution in [0.1, 0.15) is 24.8 Å². The summed E-state index contributed by atoms with van der Waals surface area (Å²) < 4.78 is 18.7. The number of morpholine rings is 1. The standard InChI is InChI=1S/C25H31ClFN3O2/c26-21-4-1-19(2-5-21)17-29-12-11-24(30-13-15-32-16-14-30)20(18-29)3-10-25(31)28-23-8-6-22(27)7-9-23/h1-2,4-9,20,24H,3,10-18H2,(H,28,31)/t20-,24+/m0/s1. The number of nitrogens with zero attached hydrogens (tertiary/aromatic N) is 2. The zero-order valence-electron chi connectivity index (χ0n) is 18.3. The number of ether oxygens (including phenoxy) is 1. The van der Waals surface area contributed by atoms with Crippen LogP contribution in [0.2, 0.25) is 5.02 Å². The third-order valence-electron chi connectivity index (χ3n) is 6.48. The van der Waals surface area contributed by atoms with Crippen molar-refractivity contribution < 1.29 is 13.9 Å². The highest BCUT2D eigenvalue weighted by Crippen LogP contribution is 2.28. The summed E-state index contributed by atoms with van der Waals surface area (Å²) in [7, 11) is 0. The van der Waals surface area contributed by atoms with Crippen molar-refractivity contribution in [2.24, 2.45) is 5.92 Å². The van der Waals surface area contributed by atoms with Gasteiger partial charge in [-0.2, -0.15) is 0 Å². The van der Waals surface area contributed by atoms with Crippen LogP contribution in [-0.4, -0.2) is 61.1 Å². The molecule has 7 heteroatoms. The van der Waals surface area contributed by atoms with Crippen LogP contribution >= 0.6 is 11.6 Å². The molecule has 0 aromatic heterocycles. The smallest absolute Gasteiger partial charge is 0.224 e. The molecule has 2 aromatic rings. The second-order valence-electron chi connectivity index (χ2n) is 8.72. The molecule has 2 atom stereocenters. The quantitative estimate of drug-likeness (QED) is 0.665. The summed E-state index contributed by atoms with van der Waals surface area (Å²) in [6.07, 6.45) is 2.38. The SMILES string of the molecule is O=C(CC[C@H]1CN(Cc2ccc(Cl)cc2)CC[C@H]1N1CCOCC1)Nc1ccc(F)cc1. The molecule has 2 saturated heterocycles. The molecule has 32 heavy (non-hydrogen) atoms. The minimum Gasteiger partial charge on any atom is -0.379 e. The van der Waals surface area contributed by atoms with E-state index in [0.29, 0.717) is 24.1 Å². The number of amides is 1. The van der Waals surface area contributed by atoms with Crippen LogP contribution in [0.3, 0.4) is 0 Å². The summed E-state index contributed by atoms with van der Waals surface area (Å²) in [4.78, 5) is 17.6. The molecule has 1 amide bonds. The Morgan fingerprint density at radius 1 is 1.06 bits per heavy atom. The van der Waals surface area contributed by atoms with Crippen molar-refractivity contribution in [3.05, 3.63) is 64.9 Å². The fraction of sp³-hybridized carbons (Fsp3) is 0.480. The Morgan fingerprint density at radius 3 is 2.50 bits per heavy atom. The zero-order valence-corrected chi connectivity index (χ0v) is 19.1. The lowest BCUT2D eigenvalue weighted by Crippen LogP contribution is -2.53. The third kappa shape index (κ3) is 6.51. The van der Waals surface area contributed by atoms with E-state index in [0.717, 1.165) is 63.8 Å². The van der Waals surface area contributed by atoms with Crippen molar-refractivity contribution in [3.8, 4) is 0 Å². The highest BCUT2D eigenvalue weighted by Gasteiger charge is 2.34. The largest absolute Gasteiger partial charge is 0.379 e. The first-order chi connectivity index (χ1) is 15.6. The van der Waals surface area contributed by atoms with Gasteiger partial charge in [-0.15, -0.1) is 0 Å². The minimum atomic E-state index is -0.306. The van der Waals surface area contributed by atoms with E-state index in [1.165, 1.54) is 17.7 Å². The van der Waals surface area contributed by atoms with Crippen molar-refractivity contribution in [3.63, 3.8) is 0 Å². The second-order valence-corrected chi connectivity index (χ2v) is 9.16. The molecule has 1 N–H and O–H groups in total. The predicted molar refractivity (Wildman–Crippen MR) is 125 cm³/mol. The van der Waals surface area contributed by atoms with Gasteiger partial charge in [0.15, 0.2) is 0 Å². The number of likely N-dealkylation sites (tertiary alicyclic amines) is 1. The molecule has 2 aliphatic rings. The molecular weight excluding hydrogens is 429 g/mol. The van der Waals surface area contributed by atoms with Gasteiger partial charge in [-0.3, -0.25) is 14.6 Å². The molecule has 5 nitrogen and oxygen atoms in total. The van der Waals surface area contributed by atoms with Gasteiger partial charge in [0.2, 0.25) is 5.91 Å². The molecule has 2 aliphatic heterocycles. The van der Waals surface area contributed by atoms with Crippen molar-refractivity contribution in [2.45, 2.75) is 31.8 Å². The molecule has 0 aliphatic carbocycles. The Bertz CT molecular complexity index is 872. The van der Waals surface area contributed by atoms with Crippen LogP contribution in [0.25, 0.3) is 0 Å². The van der Waals surface area contributed by atoms with Gasteiger partial charge in [0.25, 0.3) is 0 Å². The molecule has 0 bridgehead atoms. The number of anilines is 1. The number of carbonyl (C=O) groups is 1. The molecule has 0 saturated carbocycles. The summed E-state index contributed by atoms with van der Waals surface area (Å²) in [6.45, 7) is 6.38. The van der Waals surface area contributed by atoms with E-state index in [4.69, 9.17) is 16.3 Å². The molecule has 0 unspecified atom stereocenters. The lowest BCUT2D eigenvalue weighted by molar-refractivity contribution is -0.116. The fourth-order valence-corrected chi connectivity index (χ4v) is 4.96. The third-order valence-corrected chi connectivity index (χ3v) is 6.73. The Morgan fingerprint density at radius 2 is 1.78 bits per heavy atom. The van der Waals surface area contributed by atoms with E-state index in [2.05, 4.69) is 27.2 Å². The molecule has 0 spiro atoms. The first-order valence-corrected chi connectivity index (χ1v) is 11.8. The van der Waals surface area contributed by atoms with E-state index < -0.39 is 0 Å². The van der Waals surface area contributed by atoms with Gasteiger partial charge >= 0.3 is 0 Å². The van der Waals surface area contributed by atoms with Crippen LogP contribution in [-0.2, 0) is 16.1 Å². The first-order valence-electron chi connectivity index (χ1n) is 11.4. The van der Waals surface area contributed by atoms with E-state index >= 15 is 0 Å². The van der Waals surface area contributed by atoms with Crippen LogP contribution in [0.4, 0.5) is 10.1 Å². The molecule has 2 fully saturated rings. The Kier molecular flexibility index (Phi) is 8.14. The summed E-state index contributed by atoms with van der Waals surface area (Å²) in [6, 6.07) is 14.4. The summed E-state index contributed by atoms with van der Waals surface area (Å²) in [5, 5.41) is 3.65. The first kappa shape index (κ1) is 23.2. The lowest BCUT2D eigenvalue weighted by atomic mass is 9.86. The van der Waals surface area contributed by atoms with Crippen molar-refractivity contribution >= 4 is 23.2 Å². The molecule has 4 rings (SSSR count). The van der Waals surface area contributed by atoms with Crippen molar-refractivity contribution in [2.75, 3.05) is 44.7 Å². The summed E-state index contributed by atoms with van der Waals surface area (Å²) >= 11 is 6.03. The number of nitrogens with one attached hydrogen (secondary N) is 1. The highest BCUT2D eigenvalue weighted by atomic mass is 35.5. The van der Waals surface area contributed by atoms with Crippen LogP contribution < -0.4 is 5.32 Å². The number of hydrogen-bond donors (Lipinski definition) is 1. The molecule has 0 radical (unpaired) electrons. The van der Waals surface area contributed by atoms with Crippen LogP contribution in [0.15, 0.2) is 48.5 Å². The number of halogens is 2. The average Bonchev–Trinajstić information content (AvgIpc) is 2.81. The summed E-state index contributed by atoms with van der Waals surface area (Å²) in [5.41, 5.74) is 1.89. The van der Waals surface area contributed by atoms with Gasteiger partial charge in [-0.1, -0.05) is 23.7 Å². The molecular formula is C25H31ClFN3O2. The van der Waals surface area contributed by atoms with Gasteiger partial charge < -0.3 is 10.1 Å². The topological polar surface area (TPSA) is 44.8 Å². The highest BCUT2D eigenvalue weighted by molar-refractivity contribution is 6.30. The van der Waals surface area contributed by atoms with Gasteiger partial charge in [0.05, 0.1) is 13.2 Å². The van der Waals surface area contributed by atoms with Gasteiger partial charge in [0.1, 0.15) is 5.82 Å². The number of benzene rings is 2. The van der Waals surface area contributed by atoms with E-state index in [9.17, 15) is 9.18 Å². The normalized spacial score (nSPS) is 22.6. The van der Waals surface area contributed by atoms with E-state index in [-0.39, 0.29) is 11.7 Å². The maximum Gasteiger partial charge on any atom is 0.224 e. The number of carbonyl (C=O) groups excluding carboxylic acids is 1. The lowest BCUT2D eigenvalue weighted by Gasteiger charge is -2.45. The van der Waals surface area contributed by atoms with Gasteiger partial charge in [-0.25, -0.2) is 4.39 Å². The maximum absolute atomic E-state index is 13.1. The minimum absolute atomic E-state index is 0.0211. The number of rotatable bonds is 7.